The van der Waals surface area contributed by atoms with E-state index < -0.39 is 12.3 Å². The van der Waals surface area contributed by atoms with Crippen molar-refractivity contribution >= 4 is 101 Å². The van der Waals surface area contributed by atoms with Gasteiger partial charge in [-0.3, -0.25) is 0 Å². The van der Waals surface area contributed by atoms with Crippen LogP contribution >= 0.6 is 0 Å². The predicted molar refractivity (Wildman–Crippen MR) is 540 cm³/mol. The average molecular weight is 1610 g/mol. The molecule has 0 saturated heterocycles. The molecule has 0 spiro atoms. The quantitative estimate of drug-likeness (QED) is 0.0289. The third-order valence-electron chi connectivity index (χ3n) is 26.8. The van der Waals surface area contributed by atoms with E-state index in [1.807, 2.05) is 0 Å². The highest BCUT2D eigenvalue weighted by Gasteiger charge is 2.47. The second-order valence-corrected chi connectivity index (χ2v) is 36.1. The number of unbranched alkanes of at least 4 members (excludes halogenated alkanes) is 3. The SMILES string of the molecule is C.CCCCN1/C(=C/C=C/C=C/C2=[N+](CCC)c3ccc4ccccc4c3C2(C)C)C(C)(C)c2ccccc21.CCCC[B-](c1ccccc1)(c1ccccc1)c1ccccc1.CCCC[B-](c1ccccc1)(c1ccccc1)c1ccccc1.CCCN1/C(=C/C=C/C=C/C2=[N+](CCC)c3ccc4ccccc4c3C2(C)C)C(C)(C)c2ccccc21. The highest BCUT2D eigenvalue weighted by atomic mass is 15.2. The van der Waals surface area contributed by atoms with Crippen molar-refractivity contribution in [3.05, 3.63) is 398 Å². The Bertz CT molecular complexity index is 5380. The van der Waals surface area contributed by atoms with Gasteiger partial charge in [-0.2, -0.15) is 54.6 Å². The summed E-state index contributed by atoms with van der Waals surface area (Å²) in [6.07, 6.45) is 33.8. The smallest absolute Gasteiger partial charge is 0.210 e. The lowest BCUT2D eigenvalue weighted by molar-refractivity contribution is -0.437. The van der Waals surface area contributed by atoms with Crippen LogP contribution in [0.3, 0.4) is 0 Å². The second kappa shape index (κ2) is 41.0. The predicted octanol–water partition coefficient (Wildman–Crippen LogP) is 26.6. The highest BCUT2D eigenvalue weighted by molar-refractivity contribution is 7.12. The number of hydrogen-bond acceptors (Lipinski definition) is 2. The van der Waals surface area contributed by atoms with E-state index in [2.05, 4.69) is 480 Å². The topological polar surface area (TPSA) is 12.5 Å². The van der Waals surface area contributed by atoms with Crippen molar-refractivity contribution < 1.29 is 9.15 Å². The Morgan fingerprint density at radius 1 is 0.287 bits per heavy atom. The monoisotopic (exact) mass is 1610 g/mol. The molecular weight excluding hydrogens is 1470 g/mol. The van der Waals surface area contributed by atoms with E-state index in [0.717, 1.165) is 45.4 Å². The van der Waals surface area contributed by atoms with Gasteiger partial charge in [-0.15, -0.1) is 0 Å². The molecule has 0 N–H and O–H groups in total. The molecule has 12 aromatic carbocycles. The molecule has 0 aliphatic carbocycles. The molecule has 0 fully saturated rings. The summed E-state index contributed by atoms with van der Waals surface area (Å²) in [6.45, 7) is 36.7. The molecule has 4 aliphatic rings. The van der Waals surface area contributed by atoms with Crippen LogP contribution in [0.15, 0.2) is 375 Å². The number of allylic oxidation sites excluding steroid dienone is 12. The standard InChI is InChI=1S/C36H43N2.C35H41N2.2C22H24B.CH4/c1-7-9-26-38-30-20-16-15-19-29(30)35(3,4)32(38)21-11-10-12-22-33-36(5,6)34-28-18-14-13-17-27(28)23-24-31(34)37(33)25-8-2;1-7-24-36-29-19-15-14-18-28(29)34(3,4)31(36)20-10-9-11-21-32-35(5,6)33-27-17-13-12-16-26(27)22-23-30(33)37(32)25-8-2;2*1-2-3-19-23(20-13-7-4-8-14-20,21-15-9-5-10-16-21)22-17-11-6-12-18-22;/h10-24H,7-9,25-26H2,1-6H3;9-23H,7-8,24-25H2,1-6H3;2*4-18H,2-3,19H2,1H3;1H4/q2*+1;2*-1;. The Balaban J connectivity index is 0.000000152. The number of anilines is 2. The first-order valence-electron chi connectivity index (χ1n) is 45.8. The molecule has 12 aromatic rings. The molecule has 0 aromatic heterocycles. The average Bonchev–Trinajstić information content (AvgIpc) is 1.59. The Hall–Kier alpha value is -11.3. The van der Waals surface area contributed by atoms with Crippen LogP contribution in [0.1, 0.15) is 184 Å². The molecule has 4 heterocycles. The number of nitrogens with zero attached hydrogens (tertiary/aromatic N) is 4. The van der Waals surface area contributed by atoms with Crippen LogP contribution in [-0.4, -0.2) is 59.0 Å². The highest BCUT2D eigenvalue weighted by Crippen LogP contribution is 2.50. The summed E-state index contributed by atoms with van der Waals surface area (Å²) >= 11 is 0. The molecule has 626 valence electrons. The number of hydrogen-bond donors (Lipinski definition) is 0. The van der Waals surface area contributed by atoms with Gasteiger partial charge in [0.15, 0.2) is 11.4 Å². The van der Waals surface area contributed by atoms with Gasteiger partial charge in [-0.05, 0) is 110 Å². The third kappa shape index (κ3) is 18.4. The van der Waals surface area contributed by atoms with Gasteiger partial charge in [-0.1, -0.05) is 412 Å². The van der Waals surface area contributed by atoms with Gasteiger partial charge in [0.1, 0.15) is 13.1 Å². The van der Waals surface area contributed by atoms with E-state index in [-0.39, 0.29) is 29.1 Å². The molecule has 0 radical (unpaired) electrons. The molecule has 122 heavy (non-hydrogen) atoms. The van der Waals surface area contributed by atoms with E-state index in [1.165, 1.54) is 173 Å². The summed E-state index contributed by atoms with van der Waals surface area (Å²) < 4.78 is 5.07. The molecule has 0 unspecified atom stereocenters. The summed E-state index contributed by atoms with van der Waals surface area (Å²) in [5, 5.41) is 5.38. The zero-order valence-electron chi connectivity index (χ0n) is 75.2. The minimum absolute atomic E-state index is 0. The van der Waals surface area contributed by atoms with Crippen molar-refractivity contribution in [1.29, 1.82) is 0 Å². The van der Waals surface area contributed by atoms with Gasteiger partial charge in [0.2, 0.25) is 11.4 Å². The van der Waals surface area contributed by atoms with Gasteiger partial charge in [-0.25, -0.2) is 0 Å². The van der Waals surface area contributed by atoms with Gasteiger partial charge >= 0.3 is 0 Å². The van der Waals surface area contributed by atoms with Crippen LogP contribution in [-0.2, 0) is 21.7 Å². The first-order valence-corrected chi connectivity index (χ1v) is 45.8. The van der Waals surface area contributed by atoms with Crippen molar-refractivity contribution in [3.63, 3.8) is 0 Å². The Morgan fingerprint density at radius 2 is 0.590 bits per heavy atom. The zero-order valence-corrected chi connectivity index (χ0v) is 75.2. The van der Waals surface area contributed by atoms with Gasteiger partial charge in [0.25, 0.3) is 0 Å². The fourth-order valence-electron chi connectivity index (χ4n) is 20.9. The largest absolute Gasteiger partial charge is 0.344 e. The first-order chi connectivity index (χ1) is 58.9. The number of rotatable bonds is 27. The van der Waals surface area contributed by atoms with E-state index in [0.29, 0.717) is 0 Å². The molecule has 4 aliphatic heterocycles. The lowest BCUT2D eigenvalue weighted by atomic mass is 9.14. The third-order valence-corrected chi connectivity index (χ3v) is 26.8. The van der Waals surface area contributed by atoms with Crippen LogP contribution in [0.4, 0.5) is 22.7 Å². The maximum atomic E-state index is 2.54. The van der Waals surface area contributed by atoms with Crippen LogP contribution in [0.5, 0.6) is 0 Å². The normalized spacial score (nSPS) is 16.0. The minimum Gasteiger partial charge on any atom is -0.344 e. The summed E-state index contributed by atoms with van der Waals surface area (Å²) in [7, 11) is 0. The minimum atomic E-state index is -0.913. The summed E-state index contributed by atoms with van der Waals surface area (Å²) in [4.78, 5) is 5.04. The van der Waals surface area contributed by atoms with E-state index in [4.69, 9.17) is 0 Å². The van der Waals surface area contributed by atoms with Crippen LogP contribution in [0.2, 0.25) is 12.6 Å². The fourth-order valence-corrected chi connectivity index (χ4v) is 20.9. The van der Waals surface area contributed by atoms with Gasteiger partial charge < -0.3 is 9.80 Å². The van der Waals surface area contributed by atoms with Crippen molar-refractivity contribution in [2.75, 3.05) is 36.0 Å². The van der Waals surface area contributed by atoms with Crippen molar-refractivity contribution in [3.8, 4) is 0 Å². The molecular formula is C116H136B2N4. The maximum absolute atomic E-state index is 2.54. The number of benzene rings is 12. The van der Waals surface area contributed by atoms with Crippen molar-refractivity contribution in [2.45, 2.75) is 196 Å². The Labute approximate surface area is 735 Å². The Morgan fingerprint density at radius 3 is 0.910 bits per heavy atom. The number of fused-ring (bicyclic) bond motifs is 8. The van der Waals surface area contributed by atoms with Gasteiger partial charge in [0, 0.05) is 94.9 Å². The molecule has 0 bridgehead atoms. The lowest BCUT2D eigenvalue weighted by Gasteiger charge is -2.43. The van der Waals surface area contributed by atoms with E-state index in [1.54, 1.807) is 0 Å². The van der Waals surface area contributed by atoms with Crippen molar-refractivity contribution in [1.82, 2.24) is 0 Å². The van der Waals surface area contributed by atoms with Crippen LogP contribution in [0, 0.1) is 0 Å². The summed E-state index contributed by atoms with van der Waals surface area (Å²) in [6, 6.07) is 111. The van der Waals surface area contributed by atoms with Crippen LogP contribution < -0.4 is 42.6 Å². The molecule has 4 nitrogen and oxygen atoms in total. The zero-order chi connectivity index (χ0) is 85.0. The molecule has 0 atom stereocenters. The first kappa shape index (κ1) is 89.9. The molecule has 6 heteroatoms. The lowest BCUT2D eigenvalue weighted by Crippen LogP contribution is -2.66. The number of para-hydroxylation sites is 2. The summed E-state index contributed by atoms with van der Waals surface area (Å²) in [5.74, 6) is 0. The second-order valence-electron chi connectivity index (χ2n) is 36.1. The maximum Gasteiger partial charge on any atom is 0.210 e. The molecule has 16 rings (SSSR count). The van der Waals surface area contributed by atoms with Gasteiger partial charge in [0.05, 0.1) is 23.1 Å². The van der Waals surface area contributed by atoms with E-state index >= 15 is 0 Å². The summed E-state index contributed by atoms with van der Waals surface area (Å²) in [5.41, 5.74) is 25.2. The Kier molecular flexibility index (Phi) is 30.2. The fraction of sp³-hybridized carbons (Fsp3) is 0.293. The van der Waals surface area contributed by atoms with Crippen LogP contribution in [0.25, 0.3) is 21.5 Å². The van der Waals surface area contributed by atoms with Crippen molar-refractivity contribution in [2.24, 2.45) is 0 Å². The van der Waals surface area contributed by atoms with E-state index in [9.17, 15) is 0 Å². The molecule has 0 amide bonds. The molecule has 0 saturated carbocycles.